The third-order valence-corrected chi connectivity index (χ3v) is 4.96. The summed E-state index contributed by atoms with van der Waals surface area (Å²) in [6, 6.07) is 8.70. The Morgan fingerprint density at radius 3 is 2.82 bits per heavy atom. The van der Waals surface area contributed by atoms with Gasteiger partial charge in [0.2, 0.25) is 0 Å². The molecule has 0 radical (unpaired) electrons. The van der Waals surface area contributed by atoms with Gasteiger partial charge in [-0.2, -0.15) is 0 Å². The van der Waals surface area contributed by atoms with Crippen molar-refractivity contribution in [2.24, 2.45) is 10.7 Å². The second-order valence-corrected chi connectivity index (χ2v) is 6.23. The average molecular weight is 292 g/mol. The lowest BCUT2D eigenvalue weighted by Crippen LogP contribution is -2.19. The summed E-state index contributed by atoms with van der Waals surface area (Å²) in [5.41, 5.74) is 13.0. The standard InChI is InChI=1S/C18H20N4/c1-2-14-16-15(9-20-14)21-11-22-17(16)12-4-3-5-13(8-12)18(10-19)6-7-18/h3-5,8,11H,2,6-7,9-10,19H2,1H3. The monoisotopic (exact) mass is 292 g/mol. The van der Waals surface area contributed by atoms with Gasteiger partial charge in [-0.1, -0.05) is 25.1 Å². The molecule has 1 aromatic carbocycles. The lowest BCUT2D eigenvalue weighted by atomic mass is 9.92. The number of hydrogen-bond donors (Lipinski definition) is 1. The number of nitrogens with two attached hydrogens (primary N) is 1. The predicted molar refractivity (Wildman–Crippen MR) is 88.0 cm³/mol. The van der Waals surface area contributed by atoms with Crippen molar-refractivity contribution in [1.29, 1.82) is 0 Å². The number of benzene rings is 1. The lowest BCUT2D eigenvalue weighted by molar-refractivity contribution is 0.705. The molecule has 2 aliphatic rings. The molecule has 0 spiro atoms. The number of rotatable bonds is 4. The van der Waals surface area contributed by atoms with Crippen LogP contribution in [-0.4, -0.2) is 22.2 Å². The Bertz CT molecular complexity index is 759. The van der Waals surface area contributed by atoms with Crippen molar-refractivity contribution in [3.8, 4) is 11.3 Å². The molecule has 0 saturated heterocycles. The first-order valence-corrected chi connectivity index (χ1v) is 7.96. The van der Waals surface area contributed by atoms with E-state index in [0.29, 0.717) is 6.54 Å². The molecule has 0 amide bonds. The van der Waals surface area contributed by atoms with E-state index in [9.17, 15) is 0 Å². The van der Waals surface area contributed by atoms with Crippen LogP contribution in [0.5, 0.6) is 0 Å². The summed E-state index contributed by atoms with van der Waals surface area (Å²) in [6.45, 7) is 3.54. The summed E-state index contributed by atoms with van der Waals surface area (Å²) in [7, 11) is 0. The number of hydrogen-bond acceptors (Lipinski definition) is 4. The van der Waals surface area contributed by atoms with Crippen LogP contribution in [0, 0.1) is 0 Å². The zero-order valence-corrected chi connectivity index (χ0v) is 12.8. The zero-order valence-electron chi connectivity index (χ0n) is 12.8. The van der Waals surface area contributed by atoms with Gasteiger partial charge in [-0.05, 0) is 30.9 Å². The molecule has 4 heteroatoms. The Hall–Kier alpha value is -2.07. The molecule has 4 rings (SSSR count). The normalized spacial score (nSPS) is 18.0. The van der Waals surface area contributed by atoms with Crippen LogP contribution in [0.3, 0.4) is 0 Å². The smallest absolute Gasteiger partial charge is 0.116 e. The van der Waals surface area contributed by atoms with E-state index in [0.717, 1.165) is 41.2 Å². The molecule has 2 aromatic rings. The van der Waals surface area contributed by atoms with Crippen LogP contribution in [0.1, 0.15) is 43.0 Å². The molecule has 1 aliphatic heterocycles. The molecule has 1 aromatic heterocycles. The molecule has 22 heavy (non-hydrogen) atoms. The number of aromatic nitrogens is 2. The van der Waals surface area contributed by atoms with E-state index in [1.165, 1.54) is 18.4 Å². The SMILES string of the molecule is CCC1=NCc2ncnc(-c3cccc(C4(CN)CC4)c3)c21. The summed E-state index contributed by atoms with van der Waals surface area (Å²) in [6.07, 6.45) is 4.96. The van der Waals surface area contributed by atoms with Gasteiger partial charge in [-0.15, -0.1) is 0 Å². The van der Waals surface area contributed by atoms with Crippen molar-refractivity contribution in [1.82, 2.24) is 9.97 Å². The van der Waals surface area contributed by atoms with Gasteiger partial charge in [0, 0.05) is 28.8 Å². The second-order valence-electron chi connectivity index (χ2n) is 6.23. The Morgan fingerprint density at radius 1 is 1.23 bits per heavy atom. The molecule has 0 unspecified atom stereocenters. The second kappa shape index (κ2) is 4.99. The van der Waals surface area contributed by atoms with E-state index >= 15 is 0 Å². The van der Waals surface area contributed by atoms with Crippen molar-refractivity contribution >= 4 is 5.71 Å². The summed E-state index contributed by atoms with van der Waals surface area (Å²) in [5.74, 6) is 0. The third-order valence-electron chi connectivity index (χ3n) is 4.96. The largest absolute Gasteiger partial charge is 0.330 e. The maximum absolute atomic E-state index is 5.98. The summed E-state index contributed by atoms with van der Waals surface area (Å²) in [5, 5.41) is 0. The molecule has 0 bridgehead atoms. The lowest BCUT2D eigenvalue weighted by Gasteiger charge is -2.15. The van der Waals surface area contributed by atoms with Crippen molar-refractivity contribution < 1.29 is 0 Å². The minimum absolute atomic E-state index is 0.202. The number of aliphatic imine (C=N–C) groups is 1. The first kappa shape index (κ1) is 13.6. The third kappa shape index (κ3) is 1.98. The molecule has 2 heterocycles. The van der Waals surface area contributed by atoms with E-state index in [2.05, 4.69) is 46.1 Å². The Kier molecular flexibility index (Phi) is 3.08. The minimum atomic E-state index is 0.202. The fourth-order valence-electron chi connectivity index (χ4n) is 3.36. The van der Waals surface area contributed by atoms with E-state index in [-0.39, 0.29) is 5.41 Å². The van der Waals surface area contributed by atoms with E-state index in [1.54, 1.807) is 6.33 Å². The topological polar surface area (TPSA) is 64.2 Å². The number of fused-ring (bicyclic) bond motifs is 1. The highest BCUT2D eigenvalue weighted by molar-refractivity contribution is 6.07. The average Bonchev–Trinajstić information content (AvgIpc) is 3.27. The van der Waals surface area contributed by atoms with Crippen LogP contribution >= 0.6 is 0 Å². The summed E-state index contributed by atoms with van der Waals surface area (Å²) >= 11 is 0. The summed E-state index contributed by atoms with van der Waals surface area (Å²) in [4.78, 5) is 13.6. The molecule has 1 fully saturated rings. The van der Waals surface area contributed by atoms with Crippen LogP contribution in [-0.2, 0) is 12.0 Å². The van der Waals surface area contributed by atoms with Crippen molar-refractivity contribution in [2.75, 3.05) is 6.54 Å². The van der Waals surface area contributed by atoms with Gasteiger partial charge in [0.25, 0.3) is 0 Å². The molecule has 4 nitrogen and oxygen atoms in total. The van der Waals surface area contributed by atoms with Crippen molar-refractivity contribution in [3.05, 3.63) is 47.4 Å². The van der Waals surface area contributed by atoms with Crippen LogP contribution in [0.25, 0.3) is 11.3 Å². The van der Waals surface area contributed by atoms with Gasteiger partial charge in [-0.3, -0.25) is 4.99 Å². The van der Waals surface area contributed by atoms with Gasteiger partial charge in [0.1, 0.15) is 6.33 Å². The van der Waals surface area contributed by atoms with Gasteiger partial charge < -0.3 is 5.73 Å². The van der Waals surface area contributed by atoms with E-state index in [1.807, 2.05) is 0 Å². The Labute approximate surface area is 130 Å². The highest BCUT2D eigenvalue weighted by Crippen LogP contribution is 2.47. The fourth-order valence-corrected chi connectivity index (χ4v) is 3.36. The van der Waals surface area contributed by atoms with Gasteiger partial charge in [-0.25, -0.2) is 9.97 Å². The van der Waals surface area contributed by atoms with E-state index < -0.39 is 0 Å². The first-order valence-electron chi connectivity index (χ1n) is 7.96. The highest BCUT2D eigenvalue weighted by atomic mass is 14.9. The minimum Gasteiger partial charge on any atom is -0.330 e. The zero-order chi connectivity index (χ0) is 15.2. The fraction of sp³-hybridized carbons (Fsp3) is 0.389. The Balaban J connectivity index is 1.83. The maximum Gasteiger partial charge on any atom is 0.116 e. The number of nitrogens with zero attached hydrogens (tertiary/aromatic N) is 3. The van der Waals surface area contributed by atoms with E-state index in [4.69, 9.17) is 5.73 Å². The summed E-state index contributed by atoms with van der Waals surface area (Å²) < 4.78 is 0. The first-order chi connectivity index (χ1) is 10.8. The van der Waals surface area contributed by atoms with Crippen LogP contribution in [0.4, 0.5) is 0 Å². The molecular weight excluding hydrogens is 272 g/mol. The van der Waals surface area contributed by atoms with Gasteiger partial charge in [0.15, 0.2) is 0 Å². The van der Waals surface area contributed by atoms with Crippen LogP contribution in [0.15, 0.2) is 35.6 Å². The molecular formula is C18H20N4. The quantitative estimate of drug-likeness (QED) is 0.942. The van der Waals surface area contributed by atoms with Crippen LogP contribution in [0.2, 0.25) is 0 Å². The molecule has 0 atom stereocenters. The molecule has 1 aliphatic carbocycles. The Morgan fingerprint density at radius 2 is 2.09 bits per heavy atom. The van der Waals surface area contributed by atoms with Crippen molar-refractivity contribution in [3.63, 3.8) is 0 Å². The maximum atomic E-state index is 5.98. The van der Waals surface area contributed by atoms with Crippen LogP contribution < -0.4 is 5.73 Å². The molecule has 1 saturated carbocycles. The van der Waals surface area contributed by atoms with Crippen molar-refractivity contribution in [2.45, 2.75) is 38.1 Å². The molecule has 2 N–H and O–H groups in total. The van der Waals surface area contributed by atoms with Gasteiger partial charge >= 0.3 is 0 Å². The predicted octanol–water partition coefficient (Wildman–Crippen LogP) is 2.85. The highest BCUT2D eigenvalue weighted by Gasteiger charge is 2.42. The van der Waals surface area contributed by atoms with Gasteiger partial charge in [0.05, 0.1) is 17.9 Å². The molecule has 112 valence electrons.